The lowest BCUT2D eigenvalue weighted by molar-refractivity contribution is -0.119. The lowest BCUT2D eigenvalue weighted by Gasteiger charge is -2.20. The number of carbonyl (C=O) groups excluding carboxylic acids is 1. The summed E-state index contributed by atoms with van der Waals surface area (Å²) in [4.78, 5) is 14.0. The molecule has 0 aromatic heterocycles. The Bertz CT molecular complexity index is 435. The molecule has 0 aliphatic heterocycles. The highest BCUT2D eigenvalue weighted by atomic mass is 35.5. The number of amides is 1. The van der Waals surface area contributed by atoms with Gasteiger partial charge in [-0.25, -0.2) is 0 Å². The van der Waals surface area contributed by atoms with Gasteiger partial charge < -0.3 is 15.5 Å². The molecule has 1 unspecified atom stereocenters. The van der Waals surface area contributed by atoms with Crippen LogP contribution in [0.1, 0.15) is 13.8 Å². The van der Waals surface area contributed by atoms with Crippen molar-refractivity contribution < 1.29 is 4.79 Å². The summed E-state index contributed by atoms with van der Waals surface area (Å²) in [6, 6.07) is 5.48. The normalized spacial score (nSPS) is 12.1. The summed E-state index contributed by atoms with van der Waals surface area (Å²) in [6.45, 7) is 5.45. The van der Waals surface area contributed by atoms with E-state index in [0.717, 1.165) is 17.9 Å². The number of nitrogens with zero attached hydrogens (tertiary/aromatic N) is 1. The number of hydrogen-bond donors (Lipinski definition) is 2. The second kappa shape index (κ2) is 7.36. The highest BCUT2D eigenvalue weighted by Gasteiger charge is 2.15. The van der Waals surface area contributed by atoms with Crippen molar-refractivity contribution in [1.82, 2.24) is 5.32 Å². The predicted molar refractivity (Wildman–Crippen MR) is 82.1 cm³/mol. The number of benzene rings is 1. The summed E-state index contributed by atoms with van der Waals surface area (Å²) in [5, 5.41) is 6.71. The first-order valence-corrected chi connectivity index (χ1v) is 6.82. The second-order valence-electron chi connectivity index (χ2n) is 4.75. The van der Waals surface area contributed by atoms with E-state index in [2.05, 4.69) is 10.6 Å². The fraction of sp³-hybridized carbons (Fsp3) is 0.500. The minimum absolute atomic E-state index is 0.00804. The highest BCUT2D eigenvalue weighted by molar-refractivity contribution is 6.31. The smallest absolute Gasteiger partial charge is 0.228 e. The Labute approximate surface area is 120 Å². The third kappa shape index (κ3) is 4.73. The van der Waals surface area contributed by atoms with Gasteiger partial charge >= 0.3 is 0 Å². The van der Waals surface area contributed by atoms with Gasteiger partial charge in [0.2, 0.25) is 5.91 Å². The van der Waals surface area contributed by atoms with Gasteiger partial charge in [0.1, 0.15) is 0 Å². The molecular weight excluding hydrogens is 262 g/mol. The van der Waals surface area contributed by atoms with Crippen LogP contribution in [-0.2, 0) is 4.79 Å². The molecule has 0 saturated heterocycles. The molecular formula is C14H22ClN3O. The number of carbonyl (C=O) groups is 1. The van der Waals surface area contributed by atoms with Crippen LogP contribution in [0, 0.1) is 5.92 Å². The molecule has 106 valence electrons. The zero-order chi connectivity index (χ0) is 14.4. The van der Waals surface area contributed by atoms with E-state index in [4.69, 9.17) is 11.6 Å². The lowest BCUT2D eigenvalue weighted by atomic mass is 10.1. The molecule has 1 atom stereocenters. The third-order valence-corrected chi connectivity index (χ3v) is 3.08. The monoisotopic (exact) mass is 283 g/mol. The van der Waals surface area contributed by atoms with Crippen molar-refractivity contribution in [2.45, 2.75) is 13.8 Å². The lowest BCUT2D eigenvalue weighted by Crippen LogP contribution is -2.30. The van der Waals surface area contributed by atoms with E-state index in [0.29, 0.717) is 11.6 Å². The molecule has 0 saturated carbocycles. The van der Waals surface area contributed by atoms with Gasteiger partial charge in [-0.15, -0.1) is 0 Å². The molecule has 1 amide bonds. The zero-order valence-electron chi connectivity index (χ0n) is 12.0. The fourth-order valence-corrected chi connectivity index (χ4v) is 1.88. The van der Waals surface area contributed by atoms with Gasteiger partial charge in [-0.05, 0) is 24.7 Å². The van der Waals surface area contributed by atoms with Crippen molar-refractivity contribution in [3.05, 3.63) is 23.2 Å². The van der Waals surface area contributed by atoms with Crippen molar-refractivity contribution in [2.75, 3.05) is 37.4 Å². The van der Waals surface area contributed by atoms with Gasteiger partial charge in [-0.3, -0.25) is 4.79 Å². The van der Waals surface area contributed by atoms with Gasteiger partial charge in [0.25, 0.3) is 0 Å². The first-order valence-electron chi connectivity index (χ1n) is 6.44. The predicted octanol–water partition coefficient (Wildman–Crippen LogP) is 2.59. The maximum absolute atomic E-state index is 12.1. The van der Waals surface area contributed by atoms with Crippen LogP contribution >= 0.6 is 11.6 Å². The highest BCUT2D eigenvalue weighted by Crippen LogP contribution is 2.28. The number of rotatable bonds is 6. The summed E-state index contributed by atoms with van der Waals surface area (Å²) in [7, 11) is 3.86. The first kappa shape index (κ1) is 15.8. The third-order valence-electron chi connectivity index (χ3n) is 2.85. The van der Waals surface area contributed by atoms with Crippen LogP contribution in [-0.4, -0.2) is 33.1 Å². The molecule has 1 aromatic carbocycles. The van der Waals surface area contributed by atoms with Crippen LogP contribution < -0.4 is 15.5 Å². The Morgan fingerprint density at radius 1 is 1.42 bits per heavy atom. The quantitative estimate of drug-likeness (QED) is 0.843. The number of hydrogen-bond acceptors (Lipinski definition) is 3. The molecule has 0 spiro atoms. The van der Waals surface area contributed by atoms with Crippen molar-refractivity contribution in [1.29, 1.82) is 0 Å². The molecule has 4 nitrogen and oxygen atoms in total. The largest absolute Gasteiger partial charge is 0.376 e. The molecule has 19 heavy (non-hydrogen) atoms. The minimum atomic E-state index is -0.0889. The van der Waals surface area contributed by atoms with Gasteiger partial charge in [-0.1, -0.05) is 25.4 Å². The van der Waals surface area contributed by atoms with Crippen molar-refractivity contribution in [3.8, 4) is 0 Å². The molecule has 0 heterocycles. The van der Waals surface area contributed by atoms with E-state index in [1.54, 1.807) is 6.07 Å². The average Bonchev–Trinajstić information content (AvgIpc) is 2.35. The van der Waals surface area contributed by atoms with Crippen LogP contribution in [0.15, 0.2) is 18.2 Å². The Balaban J connectivity index is 2.80. The summed E-state index contributed by atoms with van der Waals surface area (Å²) in [6.07, 6.45) is 0. The average molecular weight is 284 g/mol. The van der Waals surface area contributed by atoms with E-state index < -0.39 is 0 Å². The Kier molecular flexibility index (Phi) is 6.12. The number of nitrogens with one attached hydrogen (secondary N) is 2. The van der Waals surface area contributed by atoms with E-state index >= 15 is 0 Å². The summed E-state index contributed by atoms with van der Waals surface area (Å²) in [5.41, 5.74) is 1.68. The van der Waals surface area contributed by atoms with Gasteiger partial charge in [0.05, 0.1) is 11.4 Å². The van der Waals surface area contributed by atoms with Crippen molar-refractivity contribution in [2.24, 2.45) is 5.92 Å². The van der Waals surface area contributed by atoms with Gasteiger partial charge in [0, 0.05) is 31.6 Å². The van der Waals surface area contributed by atoms with E-state index in [1.807, 2.05) is 45.0 Å². The molecule has 0 fully saturated rings. The molecule has 0 aliphatic rings. The molecule has 0 bridgehead atoms. The van der Waals surface area contributed by atoms with Crippen LogP contribution in [0.3, 0.4) is 0 Å². The van der Waals surface area contributed by atoms with Crippen LogP contribution in [0.2, 0.25) is 5.02 Å². The topological polar surface area (TPSA) is 44.4 Å². The Morgan fingerprint density at radius 2 is 2.11 bits per heavy atom. The summed E-state index contributed by atoms with van der Waals surface area (Å²) < 4.78 is 0. The van der Waals surface area contributed by atoms with Gasteiger partial charge in [-0.2, -0.15) is 0 Å². The Hall–Kier alpha value is -1.26. The van der Waals surface area contributed by atoms with E-state index in [1.165, 1.54) is 0 Å². The molecule has 1 rings (SSSR count). The number of halogens is 1. The maximum atomic E-state index is 12.1. The SMILES string of the molecule is CCNCC(C)C(=O)Nc1cc(Cl)ccc1N(C)C. The first-order chi connectivity index (χ1) is 8.95. The fourth-order valence-electron chi connectivity index (χ4n) is 1.71. The molecule has 5 heteroatoms. The van der Waals surface area contributed by atoms with Crippen LogP contribution in [0.25, 0.3) is 0 Å². The van der Waals surface area contributed by atoms with Gasteiger partial charge in [0.15, 0.2) is 0 Å². The molecule has 2 N–H and O–H groups in total. The summed E-state index contributed by atoms with van der Waals surface area (Å²) in [5.74, 6) is -0.0970. The van der Waals surface area contributed by atoms with Crippen molar-refractivity contribution in [3.63, 3.8) is 0 Å². The number of anilines is 2. The Morgan fingerprint density at radius 3 is 2.68 bits per heavy atom. The molecule has 0 radical (unpaired) electrons. The molecule has 1 aromatic rings. The minimum Gasteiger partial charge on any atom is -0.376 e. The summed E-state index contributed by atoms with van der Waals surface area (Å²) >= 11 is 5.99. The van der Waals surface area contributed by atoms with E-state index in [-0.39, 0.29) is 11.8 Å². The van der Waals surface area contributed by atoms with Crippen molar-refractivity contribution >= 4 is 28.9 Å². The van der Waals surface area contributed by atoms with Crippen LogP contribution in [0.4, 0.5) is 11.4 Å². The standard InChI is InChI=1S/C14H22ClN3O/c1-5-16-9-10(2)14(19)17-12-8-11(15)6-7-13(12)18(3)4/h6-8,10,16H,5,9H2,1-4H3,(H,17,19). The maximum Gasteiger partial charge on any atom is 0.228 e. The van der Waals surface area contributed by atoms with E-state index in [9.17, 15) is 4.79 Å². The second-order valence-corrected chi connectivity index (χ2v) is 5.19. The van der Waals surface area contributed by atoms with Crippen LogP contribution in [0.5, 0.6) is 0 Å². The molecule has 0 aliphatic carbocycles. The zero-order valence-corrected chi connectivity index (χ0v) is 12.7.